The first-order valence-electron chi connectivity index (χ1n) is 11.7. The molecule has 0 spiro atoms. The van der Waals surface area contributed by atoms with Gasteiger partial charge in [-0.2, -0.15) is 0 Å². The molecule has 0 saturated heterocycles. The largest absolute Gasteiger partial charge is 0.493 e. The van der Waals surface area contributed by atoms with Gasteiger partial charge >= 0.3 is 0 Å². The summed E-state index contributed by atoms with van der Waals surface area (Å²) >= 11 is 5.79. The number of ether oxygens (including phenoxy) is 3. The highest BCUT2D eigenvalue weighted by Crippen LogP contribution is 2.38. The van der Waals surface area contributed by atoms with E-state index in [1.165, 1.54) is 17.7 Å². The van der Waals surface area contributed by atoms with Crippen molar-refractivity contribution in [3.63, 3.8) is 0 Å². The number of benzene rings is 3. The molecule has 1 heterocycles. The van der Waals surface area contributed by atoms with E-state index >= 15 is 0 Å². The summed E-state index contributed by atoms with van der Waals surface area (Å²) < 4.78 is 17.3. The van der Waals surface area contributed by atoms with Crippen molar-refractivity contribution in [1.29, 1.82) is 0 Å². The van der Waals surface area contributed by atoms with Crippen LogP contribution < -0.4 is 19.5 Å². The van der Waals surface area contributed by atoms with E-state index < -0.39 is 4.92 Å². The van der Waals surface area contributed by atoms with E-state index in [1.807, 2.05) is 24.3 Å². The van der Waals surface area contributed by atoms with Crippen molar-refractivity contribution in [3.8, 4) is 17.2 Å². The van der Waals surface area contributed by atoms with Crippen LogP contribution in [0.2, 0.25) is 0 Å². The number of thiocarbonyl (C=S) groups is 1. The Morgan fingerprint density at radius 2 is 1.75 bits per heavy atom. The van der Waals surface area contributed by atoms with Gasteiger partial charge in [-0.1, -0.05) is 19.1 Å². The van der Waals surface area contributed by atoms with Crippen LogP contribution in [0.4, 0.5) is 11.4 Å². The maximum Gasteiger partial charge on any atom is 0.269 e. The lowest BCUT2D eigenvalue weighted by Gasteiger charge is -2.39. The van der Waals surface area contributed by atoms with Crippen LogP contribution in [0, 0.1) is 10.1 Å². The molecule has 0 aliphatic carbocycles. The second kappa shape index (κ2) is 11.3. The zero-order chi connectivity index (χ0) is 25.7. The number of non-ortho nitro benzene ring substituents is 1. The summed E-state index contributed by atoms with van der Waals surface area (Å²) in [6.07, 6.45) is 1.73. The number of anilines is 1. The Morgan fingerprint density at radius 1 is 1.08 bits per heavy atom. The second-order valence-corrected chi connectivity index (χ2v) is 8.79. The zero-order valence-electron chi connectivity index (χ0n) is 20.5. The Labute approximate surface area is 215 Å². The van der Waals surface area contributed by atoms with E-state index in [-0.39, 0.29) is 11.7 Å². The van der Waals surface area contributed by atoms with Gasteiger partial charge in [0.2, 0.25) is 0 Å². The SMILES string of the molecule is CCc1ccc(OCC2c3cc(OC)c(OC)cc3CCN2C(=S)Nc2ccc([N+](=O)[O-])cc2)cc1. The number of aryl methyl sites for hydroxylation is 1. The maximum atomic E-state index is 11.0. The lowest BCUT2D eigenvalue weighted by Crippen LogP contribution is -2.44. The first kappa shape index (κ1) is 25.2. The Bertz CT molecular complexity index is 1230. The predicted molar refractivity (Wildman–Crippen MR) is 143 cm³/mol. The van der Waals surface area contributed by atoms with E-state index in [1.54, 1.807) is 26.4 Å². The molecule has 4 rings (SSSR count). The molecule has 8 nitrogen and oxygen atoms in total. The number of nitrogens with zero attached hydrogens (tertiary/aromatic N) is 2. The minimum absolute atomic E-state index is 0.0276. The number of hydrogen-bond acceptors (Lipinski definition) is 6. The van der Waals surface area contributed by atoms with Crippen molar-refractivity contribution in [2.24, 2.45) is 0 Å². The third kappa shape index (κ3) is 5.52. The molecule has 1 N–H and O–H groups in total. The van der Waals surface area contributed by atoms with Crippen LogP contribution in [0.1, 0.15) is 29.7 Å². The summed E-state index contributed by atoms with van der Waals surface area (Å²) in [4.78, 5) is 12.6. The molecule has 1 unspecified atom stereocenters. The number of methoxy groups -OCH3 is 2. The monoisotopic (exact) mass is 507 g/mol. The highest BCUT2D eigenvalue weighted by Gasteiger charge is 2.31. The van der Waals surface area contributed by atoms with Crippen LogP contribution in [-0.2, 0) is 12.8 Å². The van der Waals surface area contributed by atoms with Crippen LogP contribution >= 0.6 is 12.2 Å². The van der Waals surface area contributed by atoms with E-state index in [0.29, 0.717) is 35.5 Å². The average molecular weight is 508 g/mol. The molecule has 1 aliphatic rings. The van der Waals surface area contributed by atoms with Gasteiger partial charge < -0.3 is 24.4 Å². The van der Waals surface area contributed by atoms with E-state index in [2.05, 4.69) is 29.3 Å². The summed E-state index contributed by atoms with van der Waals surface area (Å²) in [5.41, 5.74) is 4.16. The van der Waals surface area contributed by atoms with Gasteiger partial charge in [-0.25, -0.2) is 0 Å². The van der Waals surface area contributed by atoms with Crippen molar-refractivity contribution in [2.45, 2.75) is 25.8 Å². The van der Waals surface area contributed by atoms with Crippen LogP contribution in [0.3, 0.4) is 0 Å². The fourth-order valence-electron chi connectivity index (χ4n) is 4.31. The van der Waals surface area contributed by atoms with Gasteiger partial charge in [-0.3, -0.25) is 10.1 Å². The molecule has 0 radical (unpaired) electrons. The third-order valence-corrected chi connectivity index (χ3v) is 6.67. The van der Waals surface area contributed by atoms with Crippen molar-refractivity contribution in [2.75, 3.05) is 32.7 Å². The fraction of sp³-hybridized carbons (Fsp3) is 0.296. The molecule has 9 heteroatoms. The summed E-state index contributed by atoms with van der Waals surface area (Å²) in [6.45, 7) is 3.16. The van der Waals surface area contributed by atoms with E-state index in [0.717, 1.165) is 29.7 Å². The van der Waals surface area contributed by atoms with Gasteiger partial charge in [-0.15, -0.1) is 0 Å². The molecule has 36 heavy (non-hydrogen) atoms. The minimum Gasteiger partial charge on any atom is -0.493 e. The number of nitrogens with one attached hydrogen (secondary N) is 1. The van der Waals surface area contributed by atoms with E-state index in [9.17, 15) is 10.1 Å². The smallest absolute Gasteiger partial charge is 0.269 e. The number of nitro benzene ring substituents is 1. The molecule has 0 saturated carbocycles. The van der Waals surface area contributed by atoms with E-state index in [4.69, 9.17) is 26.4 Å². The summed E-state index contributed by atoms with van der Waals surface area (Å²) in [5.74, 6) is 2.12. The topological polar surface area (TPSA) is 86.1 Å². The number of hydrogen-bond donors (Lipinski definition) is 1. The van der Waals surface area contributed by atoms with Gasteiger partial charge in [0.15, 0.2) is 16.6 Å². The number of nitro groups is 1. The Hall–Kier alpha value is -3.85. The Balaban J connectivity index is 1.61. The van der Waals surface area contributed by atoms with Crippen LogP contribution in [0.15, 0.2) is 60.7 Å². The summed E-state index contributed by atoms with van der Waals surface area (Å²) in [6, 6.07) is 18.1. The Morgan fingerprint density at radius 3 is 2.36 bits per heavy atom. The zero-order valence-corrected chi connectivity index (χ0v) is 21.3. The Kier molecular flexibility index (Phi) is 7.90. The molecule has 0 fully saturated rings. The van der Waals surface area contributed by atoms with Crippen molar-refractivity contribution in [1.82, 2.24) is 4.90 Å². The third-order valence-electron chi connectivity index (χ3n) is 6.33. The molecule has 3 aromatic rings. The highest BCUT2D eigenvalue weighted by molar-refractivity contribution is 7.80. The number of fused-ring (bicyclic) bond motifs is 1. The highest BCUT2D eigenvalue weighted by atomic mass is 32.1. The van der Waals surface area contributed by atoms with Gasteiger partial charge in [0, 0.05) is 24.4 Å². The molecule has 0 bridgehead atoms. The molecule has 1 aliphatic heterocycles. The van der Waals surface area contributed by atoms with Gasteiger partial charge in [-0.05, 0) is 78.1 Å². The second-order valence-electron chi connectivity index (χ2n) is 8.41. The minimum atomic E-state index is -0.425. The molecule has 3 aromatic carbocycles. The molecule has 188 valence electrons. The van der Waals surface area contributed by atoms with Gasteiger partial charge in [0.25, 0.3) is 5.69 Å². The molecule has 0 aromatic heterocycles. The first-order valence-corrected chi connectivity index (χ1v) is 12.1. The molecular weight excluding hydrogens is 478 g/mol. The van der Waals surface area contributed by atoms with Crippen molar-refractivity contribution in [3.05, 3.63) is 87.5 Å². The van der Waals surface area contributed by atoms with Gasteiger partial charge in [0.05, 0.1) is 25.2 Å². The van der Waals surface area contributed by atoms with Crippen LogP contribution in [0.5, 0.6) is 17.2 Å². The standard InChI is InChI=1S/C27H29N3O5S/c1-4-18-5-11-22(12-6-18)35-17-24-23-16-26(34-3)25(33-2)15-19(23)13-14-29(24)27(36)28-20-7-9-21(10-8-20)30(31)32/h5-12,15-16,24H,4,13-14,17H2,1-3H3,(H,28,36). The van der Waals surface area contributed by atoms with Crippen LogP contribution in [-0.4, -0.2) is 42.3 Å². The molecule has 0 amide bonds. The normalized spacial score (nSPS) is 14.5. The fourth-order valence-corrected chi connectivity index (χ4v) is 4.65. The van der Waals surface area contributed by atoms with Crippen molar-refractivity contribution < 1.29 is 19.1 Å². The summed E-state index contributed by atoms with van der Waals surface area (Å²) in [5, 5.41) is 14.7. The number of rotatable bonds is 8. The average Bonchev–Trinajstić information content (AvgIpc) is 2.91. The van der Waals surface area contributed by atoms with Gasteiger partial charge in [0.1, 0.15) is 12.4 Å². The summed E-state index contributed by atoms with van der Waals surface area (Å²) in [7, 11) is 3.25. The predicted octanol–water partition coefficient (Wildman–Crippen LogP) is 5.55. The molecule has 1 atom stereocenters. The first-order chi connectivity index (χ1) is 17.4. The molecular formula is C27H29N3O5S. The van der Waals surface area contributed by atoms with Crippen molar-refractivity contribution >= 4 is 28.7 Å². The maximum absolute atomic E-state index is 11.0. The van der Waals surface area contributed by atoms with Crippen LogP contribution in [0.25, 0.3) is 0 Å². The quantitative estimate of drug-likeness (QED) is 0.241. The lowest BCUT2D eigenvalue weighted by atomic mass is 9.92. The lowest BCUT2D eigenvalue weighted by molar-refractivity contribution is -0.384.